The number of hydrogen-bond donors (Lipinski definition) is 1. The highest BCUT2D eigenvalue weighted by atomic mass is 32.2. The van der Waals surface area contributed by atoms with Crippen LogP contribution in [0.25, 0.3) is 6.08 Å². The average molecular weight is 501 g/mol. The Hall–Kier alpha value is -2.66. The number of morpholine rings is 1. The summed E-state index contributed by atoms with van der Waals surface area (Å²) in [6, 6.07) is 12.4. The van der Waals surface area contributed by atoms with E-state index in [0.717, 1.165) is 30.5 Å². The number of carbonyl (C=O) groups is 2. The summed E-state index contributed by atoms with van der Waals surface area (Å²) in [5, 5.41) is 3.42. The van der Waals surface area contributed by atoms with Crippen LogP contribution in [0.2, 0.25) is 0 Å². The van der Waals surface area contributed by atoms with E-state index in [9.17, 15) is 9.59 Å². The number of benzene rings is 1. The number of rotatable bonds is 5. The maximum atomic E-state index is 13.3. The number of amides is 2. The molecule has 1 aromatic heterocycles. The van der Waals surface area contributed by atoms with Crippen LogP contribution in [0.5, 0.6) is 0 Å². The average Bonchev–Trinajstić information content (AvgIpc) is 3.31. The predicted octanol–water partition coefficient (Wildman–Crippen LogP) is 2.53. The summed E-state index contributed by atoms with van der Waals surface area (Å²) >= 11 is 6.90. The summed E-state index contributed by atoms with van der Waals surface area (Å²) in [4.78, 5) is 32.1. The summed E-state index contributed by atoms with van der Waals surface area (Å²) in [5.74, 6) is -0.103. The zero-order chi connectivity index (χ0) is 23.9. The number of furan rings is 1. The van der Waals surface area contributed by atoms with E-state index in [1.54, 1.807) is 41.3 Å². The Morgan fingerprint density at radius 2 is 1.68 bits per heavy atom. The Morgan fingerprint density at radius 1 is 0.971 bits per heavy atom. The quantitative estimate of drug-likeness (QED) is 0.381. The van der Waals surface area contributed by atoms with E-state index in [2.05, 4.69) is 15.1 Å². The normalized spacial score (nSPS) is 17.5. The first-order chi connectivity index (χ1) is 16.5. The largest absolute Gasteiger partial charge is 0.450 e. The first-order valence-corrected chi connectivity index (χ1v) is 12.4. The fraction of sp³-hybridized carbons (Fsp3) is 0.375. The summed E-state index contributed by atoms with van der Waals surface area (Å²) in [6.45, 7) is 5.60. The van der Waals surface area contributed by atoms with E-state index in [-0.39, 0.29) is 17.5 Å². The molecule has 2 amide bonds. The number of thiocarbonyl (C=S) groups is 1. The second kappa shape index (κ2) is 11.7. The van der Waals surface area contributed by atoms with Gasteiger partial charge in [-0.25, -0.2) is 0 Å². The van der Waals surface area contributed by atoms with Gasteiger partial charge in [-0.3, -0.25) is 9.59 Å². The minimum absolute atomic E-state index is 0.181. The number of nitrogens with one attached hydrogen (secondary N) is 1. The highest BCUT2D eigenvalue weighted by Gasteiger charge is 2.24. The molecule has 0 bridgehead atoms. The third kappa shape index (κ3) is 6.47. The van der Waals surface area contributed by atoms with Crippen LogP contribution in [-0.4, -0.2) is 90.4 Å². The van der Waals surface area contributed by atoms with Gasteiger partial charge in [0.2, 0.25) is 0 Å². The van der Waals surface area contributed by atoms with Gasteiger partial charge in [-0.1, -0.05) is 30.4 Å². The maximum Gasteiger partial charge on any atom is 0.270 e. The zero-order valence-corrected chi connectivity index (χ0v) is 20.7. The minimum Gasteiger partial charge on any atom is -0.450 e. The number of thioether (sulfide) groups is 1. The van der Waals surface area contributed by atoms with Gasteiger partial charge >= 0.3 is 0 Å². The van der Waals surface area contributed by atoms with Crippen molar-refractivity contribution >= 4 is 46.2 Å². The molecule has 1 N–H and O–H groups in total. The van der Waals surface area contributed by atoms with Crippen LogP contribution in [0.1, 0.15) is 16.1 Å². The molecule has 34 heavy (non-hydrogen) atoms. The van der Waals surface area contributed by atoms with Crippen molar-refractivity contribution in [1.29, 1.82) is 0 Å². The molecule has 1 aromatic carbocycles. The molecular formula is C24H28N4O4S2. The molecule has 0 saturated carbocycles. The fourth-order valence-corrected chi connectivity index (χ4v) is 4.81. The first-order valence-electron chi connectivity index (χ1n) is 11.2. The van der Waals surface area contributed by atoms with Crippen molar-refractivity contribution in [2.24, 2.45) is 0 Å². The molecule has 2 fully saturated rings. The molecule has 180 valence electrons. The van der Waals surface area contributed by atoms with E-state index < -0.39 is 0 Å². The molecule has 4 rings (SSSR count). The van der Waals surface area contributed by atoms with Gasteiger partial charge in [-0.2, -0.15) is 0 Å². The van der Waals surface area contributed by atoms with Gasteiger partial charge in [-0.15, -0.1) is 0 Å². The number of ether oxygens (including phenoxy) is 1. The van der Waals surface area contributed by atoms with Crippen LogP contribution < -0.4 is 5.32 Å². The van der Waals surface area contributed by atoms with Crippen LogP contribution in [-0.2, 0) is 9.53 Å². The van der Waals surface area contributed by atoms with Crippen LogP contribution in [0.15, 0.2) is 57.7 Å². The SMILES string of the molecule is CN1CCN(C(=O)C(=Cc2ccc(SC(=S)N3CCOCC3)o2)NC(=O)c2ccccc2)CC1. The molecule has 2 saturated heterocycles. The highest BCUT2D eigenvalue weighted by molar-refractivity contribution is 8.22. The van der Waals surface area contributed by atoms with Crippen LogP contribution in [0.4, 0.5) is 0 Å². The third-order valence-corrected chi connectivity index (χ3v) is 7.01. The lowest BCUT2D eigenvalue weighted by Gasteiger charge is -2.32. The Kier molecular flexibility index (Phi) is 8.39. The number of nitrogens with zero attached hydrogens (tertiary/aromatic N) is 3. The van der Waals surface area contributed by atoms with Crippen molar-refractivity contribution < 1.29 is 18.7 Å². The summed E-state index contributed by atoms with van der Waals surface area (Å²) in [6.07, 6.45) is 1.59. The van der Waals surface area contributed by atoms with Gasteiger partial charge in [0.25, 0.3) is 11.8 Å². The first kappa shape index (κ1) is 24.5. The molecule has 3 heterocycles. The van der Waals surface area contributed by atoms with E-state index >= 15 is 0 Å². The van der Waals surface area contributed by atoms with Crippen molar-refractivity contribution in [3.63, 3.8) is 0 Å². The molecule has 0 unspecified atom stereocenters. The van der Waals surface area contributed by atoms with Gasteiger partial charge in [0, 0.05) is 50.9 Å². The van der Waals surface area contributed by atoms with Crippen molar-refractivity contribution in [2.45, 2.75) is 5.09 Å². The molecule has 10 heteroatoms. The Balaban J connectivity index is 1.50. The molecule has 0 atom stereocenters. The minimum atomic E-state index is -0.344. The summed E-state index contributed by atoms with van der Waals surface area (Å²) < 4.78 is 12.0. The lowest BCUT2D eigenvalue weighted by molar-refractivity contribution is -0.128. The Bertz CT molecular complexity index is 1040. The van der Waals surface area contributed by atoms with Crippen molar-refractivity contribution in [3.8, 4) is 0 Å². The van der Waals surface area contributed by atoms with Crippen LogP contribution in [0, 0.1) is 0 Å². The van der Waals surface area contributed by atoms with Gasteiger partial charge in [-0.05, 0) is 43.1 Å². The second-order valence-corrected chi connectivity index (χ2v) is 9.74. The van der Waals surface area contributed by atoms with E-state index in [1.165, 1.54) is 11.8 Å². The number of carbonyl (C=O) groups excluding carboxylic acids is 2. The van der Waals surface area contributed by atoms with E-state index in [0.29, 0.717) is 42.7 Å². The van der Waals surface area contributed by atoms with Gasteiger partial charge in [0.1, 0.15) is 15.8 Å². The fourth-order valence-electron chi connectivity index (χ4n) is 3.62. The molecule has 2 aromatic rings. The third-order valence-electron chi connectivity index (χ3n) is 5.65. The van der Waals surface area contributed by atoms with Gasteiger partial charge < -0.3 is 29.2 Å². The predicted molar refractivity (Wildman–Crippen MR) is 136 cm³/mol. The Morgan fingerprint density at radius 3 is 2.38 bits per heavy atom. The van der Waals surface area contributed by atoms with Crippen LogP contribution in [0.3, 0.4) is 0 Å². The molecular weight excluding hydrogens is 472 g/mol. The second-order valence-electron chi connectivity index (χ2n) is 8.10. The van der Waals surface area contributed by atoms with Gasteiger partial charge in [0.05, 0.1) is 13.2 Å². The summed E-state index contributed by atoms with van der Waals surface area (Å²) in [5.41, 5.74) is 0.659. The molecule has 0 spiro atoms. The lowest BCUT2D eigenvalue weighted by atomic mass is 10.2. The summed E-state index contributed by atoms with van der Waals surface area (Å²) in [7, 11) is 2.03. The molecule has 2 aliphatic heterocycles. The van der Waals surface area contributed by atoms with Crippen LogP contribution >= 0.6 is 24.0 Å². The standard InChI is InChI=1S/C24H28N4O4S2/c1-26-9-11-27(12-10-26)23(30)20(25-22(29)18-5-3-2-4-6-18)17-19-7-8-21(32-19)34-24(33)28-13-15-31-16-14-28/h2-8,17H,9-16H2,1H3,(H,25,29). The molecule has 8 nitrogen and oxygen atoms in total. The van der Waals surface area contributed by atoms with Crippen molar-refractivity contribution in [1.82, 2.24) is 20.0 Å². The molecule has 0 radical (unpaired) electrons. The molecule has 0 aliphatic carbocycles. The number of hydrogen-bond acceptors (Lipinski definition) is 7. The highest BCUT2D eigenvalue weighted by Crippen LogP contribution is 2.26. The Labute approximate surface area is 208 Å². The molecule has 2 aliphatic rings. The lowest BCUT2D eigenvalue weighted by Crippen LogP contribution is -2.49. The topological polar surface area (TPSA) is 78.3 Å². The maximum absolute atomic E-state index is 13.3. The van der Waals surface area contributed by atoms with Crippen molar-refractivity contribution in [2.75, 3.05) is 59.5 Å². The smallest absolute Gasteiger partial charge is 0.270 e. The van der Waals surface area contributed by atoms with Crippen molar-refractivity contribution in [3.05, 3.63) is 59.5 Å². The van der Waals surface area contributed by atoms with E-state index in [1.807, 2.05) is 19.2 Å². The monoisotopic (exact) mass is 500 g/mol. The number of likely N-dealkylation sites (N-methyl/N-ethyl adjacent to an activating group) is 1. The zero-order valence-electron chi connectivity index (χ0n) is 19.1. The van der Waals surface area contributed by atoms with E-state index in [4.69, 9.17) is 21.4 Å². The van der Waals surface area contributed by atoms with Gasteiger partial charge in [0.15, 0.2) is 5.09 Å². The number of piperazine rings is 1.